The summed E-state index contributed by atoms with van der Waals surface area (Å²) in [6.07, 6.45) is 0.767. The Balaban J connectivity index is 1.52. The molecular formula is C29H28N2O3. The number of anilines is 1. The lowest BCUT2D eigenvalue weighted by molar-refractivity contribution is 0.0954. The van der Waals surface area contributed by atoms with E-state index in [2.05, 4.69) is 10.2 Å². The number of hydrogen-bond acceptors (Lipinski definition) is 4. The van der Waals surface area contributed by atoms with E-state index < -0.39 is 0 Å². The van der Waals surface area contributed by atoms with Crippen molar-refractivity contribution in [1.29, 1.82) is 0 Å². The molecule has 4 aromatic carbocycles. The predicted octanol–water partition coefficient (Wildman–Crippen LogP) is 5.28. The Hall–Kier alpha value is -4.25. The molecule has 0 aliphatic heterocycles. The summed E-state index contributed by atoms with van der Waals surface area (Å²) in [6.45, 7) is 1.50. The van der Waals surface area contributed by atoms with Crippen molar-refractivity contribution in [2.75, 3.05) is 11.4 Å². The van der Waals surface area contributed by atoms with Crippen LogP contribution in [0.3, 0.4) is 0 Å². The fourth-order valence-electron chi connectivity index (χ4n) is 3.86. The smallest absolute Gasteiger partial charge is 0.251 e. The molecule has 3 N–H and O–H groups in total. The number of nitrogens with one attached hydrogen (secondary N) is 1. The van der Waals surface area contributed by atoms with Crippen molar-refractivity contribution < 1.29 is 15.0 Å². The summed E-state index contributed by atoms with van der Waals surface area (Å²) in [5.74, 6) is 0.0855. The minimum atomic E-state index is -0.127. The largest absolute Gasteiger partial charge is 0.508 e. The van der Waals surface area contributed by atoms with Gasteiger partial charge in [0.2, 0.25) is 0 Å². The molecule has 4 rings (SSSR count). The summed E-state index contributed by atoms with van der Waals surface area (Å²) in [5.41, 5.74) is 4.30. The van der Waals surface area contributed by atoms with Crippen LogP contribution in [-0.2, 0) is 19.5 Å². The van der Waals surface area contributed by atoms with E-state index in [1.54, 1.807) is 12.1 Å². The van der Waals surface area contributed by atoms with Gasteiger partial charge in [-0.2, -0.15) is 0 Å². The maximum Gasteiger partial charge on any atom is 0.251 e. The second-order valence-electron chi connectivity index (χ2n) is 8.20. The molecule has 0 spiro atoms. The minimum Gasteiger partial charge on any atom is -0.508 e. The highest BCUT2D eigenvalue weighted by Crippen LogP contribution is 2.27. The zero-order valence-corrected chi connectivity index (χ0v) is 18.9. The fourth-order valence-corrected chi connectivity index (χ4v) is 3.86. The standard InChI is InChI=1S/C29H28N2O3/c32-27-14-15-28(33)25(19-27)21-31(20-23-10-5-2-6-11-23)26-13-7-12-24(18-26)29(34)30-17-16-22-8-3-1-4-9-22/h1-15,18-19,32-33H,16-17,20-21H2,(H,30,34). The maximum absolute atomic E-state index is 12.8. The Bertz CT molecular complexity index is 1230. The Labute approximate surface area is 199 Å². The first-order valence-electron chi connectivity index (χ1n) is 11.3. The Morgan fingerprint density at radius 1 is 0.735 bits per heavy atom. The molecule has 5 heteroatoms. The van der Waals surface area contributed by atoms with Crippen LogP contribution >= 0.6 is 0 Å². The van der Waals surface area contributed by atoms with Gasteiger partial charge < -0.3 is 20.4 Å². The van der Waals surface area contributed by atoms with Crippen LogP contribution in [-0.4, -0.2) is 22.7 Å². The second kappa shape index (κ2) is 11.1. The molecular weight excluding hydrogens is 424 g/mol. The second-order valence-corrected chi connectivity index (χ2v) is 8.20. The molecule has 0 bridgehead atoms. The summed E-state index contributed by atoms with van der Waals surface area (Å²) < 4.78 is 0. The average Bonchev–Trinajstić information content (AvgIpc) is 2.87. The SMILES string of the molecule is O=C(NCCc1ccccc1)c1cccc(N(Cc2ccccc2)Cc2cc(O)ccc2O)c1. The normalized spacial score (nSPS) is 10.6. The summed E-state index contributed by atoms with van der Waals surface area (Å²) in [7, 11) is 0. The first kappa shape index (κ1) is 22.9. The molecule has 0 fully saturated rings. The lowest BCUT2D eigenvalue weighted by Gasteiger charge is -2.26. The Morgan fingerprint density at radius 3 is 2.18 bits per heavy atom. The van der Waals surface area contributed by atoms with Gasteiger partial charge in [0.05, 0.1) is 0 Å². The number of phenolic OH excluding ortho intramolecular Hbond substituents is 2. The highest BCUT2D eigenvalue weighted by Gasteiger charge is 2.14. The third-order valence-electron chi connectivity index (χ3n) is 5.66. The Morgan fingerprint density at radius 2 is 1.44 bits per heavy atom. The van der Waals surface area contributed by atoms with Crippen molar-refractivity contribution in [3.8, 4) is 11.5 Å². The lowest BCUT2D eigenvalue weighted by Crippen LogP contribution is -2.26. The van der Waals surface area contributed by atoms with Gasteiger partial charge in [0.25, 0.3) is 5.91 Å². The van der Waals surface area contributed by atoms with Crippen LogP contribution < -0.4 is 10.2 Å². The molecule has 0 aromatic heterocycles. The van der Waals surface area contributed by atoms with Gasteiger partial charge in [-0.15, -0.1) is 0 Å². The number of phenols is 2. The molecule has 34 heavy (non-hydrogen) atoms. The maximum atomic E-state index is 12.8. The molecule has 4 aromatic rings. The molecule has 0 unspecified atom stereocenters. The van der Waals surface area contributed by atoms with E-state index in [1.165, 1.54) is 17.7 Å². The Kier molecular flexibility index (Phi) is 7.45. The van der Waals surface area contributed by atoms with Crippen molar-refractivity contribution in [1.82, 2.24) is 5.32 Å². The molecule has 1 amide bonds. The van der Waals surface area contributed by atoms with Gasteiger partial charge in [-0.1, -0.05) is 66.7 Å². The number of amides is 1. The zero-order valence-electron chi connectivity index (χ0n) is 18.9. The summed E-state index contributed by atoms with van der Waals surface area (Å²) in [5, 5.41) is 23.2. The van der Waals surface area contributed by atoms with Crippen LogP contribution in [0.25, 0.3) is 0 Å². The third kappa shape index (κ3) is 6.17. The van der Waals surface area contributed by atoms with Gasteiger partial charge in [0.15, 0.2) is 0 Å². The van der Waals surface area contributed by atoms with Gasteiger partial charge in [-0.25, -0.2) is 0 Å². The van der Waals surface area contributed by atoms with E-state index >= 15 is 0 Å². The summed E-state index contributed by atoms with van der Waals surface area (Å²) in [6, 6.07) is 32.0. The molecule has 0 saturated carbocycles. The first-order valence-corrected chi connectivity index (χ1v) is 11.3. The van der Waals surface area contributed by atoms with Crippen molar-refractivity contribution in [2.24, 2.45) is 0 Å². The molecule has 172 valence electrons. The number of benzene rings is 4. The van der Waals surface area contributed by atoms with Crippen LogP contribution in [0.1, 0.15) is 27.0 Å². The lowest BCUT2D eigenvalue weighted by atomic mass is 10.1. The van der Waals surface area contributed by atoms with Crippen LogP contribution in [0.5, 0.6) is 11.5 Å². The predicted molar refractivity (Wildman–Crippen MR) is 135 cm³/mol. The van der Waals surface area contributed by atoms with Crippen molar-refractivity contribution in [3.05, 3.63) is 125 Å². The highest BCUT2D eigenvalue weighted by atomic mass is 16.3. The molecule has 0 aliphatic rings. The van der Waals surface area contributed by atoms with E-state index in [0.29, 0.717) is 30.8 Å². The number of hydrogen-bond donors (Lipinski definition) is 3. The van der Waals surface area contributed by atoms with Gasteiger partial charge in [0.1, 0.15) is 11.5 Å². The number of carbonyl (C=O) groups is 1. The minimum absolute atomic E-state index is 0.0963. The number of nitrogens with zero attached hydrogens (tertiary/aromatic N) is 1. The third-order valence-corrected chi connectivity index (χ3v) is 5.66. The topological polar surface area (TPSA) is 72.8 Å². The first-order chi connectivity index (χ1) is 16.6. The zero-order chi connectivity index (χ0) is 23.8. The number of aromatic hydroxyl groups is 2. The van der Waals surface area contributed by atoms with Crippen LogP contribution in [0.2, 0.25) is 0 Å². The molecule has 0 radical (unpaired) electrons. The molecule has 0 atom stereocenters. The fraction of sp³-hybridized carbons (Fsp3) is 0.138. The van der Waals surface area contributed by atoms with Gasteiger partial charge in [-0.05, 0) is 53.9 Å². The van der Waals surface area contributed by atoms with E-state index in [1.807, 2.05) is 78.9 Å². The van der Waals surface area contributed by atoms with E-state index in [9.17, 15) is 15.0 Å². The van der Waals surface area contributed by atoms with Crippen molar-refractivity contribution in [2.45, 2.75) is 19.5 Å². The molecule has 5 nitrogen and oxygen atoms in total. The van der Waals surface area contributed by atoms with Crippen LogP contribution in [0, 0.1) is 0 Å². The van der Waals surface area contributed by atoms with E-state index in [4.69, 9.17) is 0 Å². The van der Waals surface area contributed by atoms with Crippen LogP contribution in [0.15, 0.2) is 103 Å². The summed E-state index contributed by atoms with van der Waals surface area (Å²) in [4.78, 5) is 14.9. The molecule has 0 heterocycles. The summed E-state index contributed by atoms with van der Waals surface area (Å²) >= 11 is 0. The van der Waals surface area contributed by atoms with Gasteiger partial charge in [0, 0.05) is 36.4 Å². The quantitative estimate of drug-likeness (QED) is 0.302. The van der Waals surface area contributed by atoms with Crippen molar-refractivity contribution >= 4 is 11.6 Å². The van der Waals surface area contributed by atoms with Gasteiger partial charge >= 0.3 is 0 Å². The van der Waals surface area contributed by atoms with Crippen LogP contribution in [0.4, 0.5) is 5.69 Å². The number of carbonyl (C=O) groups excluding carboxylic acids is 1. The van der Waals surface area contributed by atoms with E-state index in [-0.39, 0.29) is 17.4 Å². The monoisotopic (exact) mass is 452 g/mol. The average molecular weight is 453 g/mol. The molecule has 0 aliphatic carbocycles. The van der Waals surface area contributed by atoms with Crippen molar-refractivity contribution in [3.63, 3.8) is 0 Å². The van der Waals surface area contributed by atoms with E-state index in [0.717, 1.165) is 17.7 Å². The highest BCUT2D eigenvalue weighted by molar-refractivity contribution is 5.95. The number of rotatable bonds is 9. The molecule has 0 saturated heterocycles. The van der Waals surface area contributed by atoms with Gasteiger partial charge in [-0.3, -0.25) is 4.79 Å².